The van der Waals surface area contributed by atoms with Crippen LogP contribution < -0.4 is 10.6 Å². The molecule has 0 aromatic carbocycles. The van der Waals surface area contributed by atoms with E-state index in [4.69, 9.17) is 0 Å². The first-order chi connectivity index (χ1) is 13.6. The van der Waals surface area contributed by atoms with Crippen LogP contribution in [0.2, 0.25) is 0 Å². The molecule has 30 heavy (non-hydrogen) atoms. The van der Waals surface area contributed by atoms with Gasteiger partial charge in [0, 0.05) is 45.5 Å². The molecule has 6 nitrogen and oxygen atoms in total. The zero-order valence-corrected chi connectivity index (χ0v) is 20.8. The van der Waals surface area contributed by atoms with Crippen LogP contribution in [-0.2, 0) is 12.6 Å². The topological polar surface area (TPSA) is 74.5 Å². The van der Waals surface area contributed by atoms with Gasteiger partial charge in [-0.15, -0.1) is 24.0 Å². The summed E-state index contributed by atoms with van der Waals surface area (Å²) in [5, 5.41) is 16.3. The Hall–Kier alpha value is -1.04. The van der Waals surface area contributed by atoms with E-state index in [2.05, 4.69) is 34.5 Å². The highest BCUT2D eigenvalue weighted by atomic mass is 127. The van der Waals surface area contributed by atoms with Crippen molar-refractivity contribution in [1.82, 2.24) is 20.2 Å². The van der Waals surface area contributed by atoms with Crippen LogP contribution in [-0.4, -0.2) is 46.4 Å². The minimum atomic E-state index is -4.83. The smallest absolute Gasteiger partial charge is 0.374 e. The summed E-state index contributed by atoms with van der Waals surface area (Å²) in [6.07, 6.45) is 2.85. The van der Waals surface area contributed by atoms with Gasteiger partial charge in [-0.1, -0.05) is 39.5 Å². The molecule has 0 saturated heterocycles. The van der Waals surface area contributed by atoms with Crippen molar-refractivity contribution in [2.75, 3.05) is 19.6 Å². The molecule has 0 aliphatic heterocycles. The Labute approximate surface area is 195 Å². The Kier molecular flexibility index (Phi) is 13.6. The molecular weight excluding hydrogens is 510 g/mol. The highest BCUT2D eigenvalue weighted by Gasteiger charge is 2.57. The number of hydrogen-bond acceptors (Lipinski definition) is 3. The van der Waals surface area contributed by atoms with Crippen LogP contribution in [0.1, 0.15) is 65.1 Å². The van der Waals surface area contributed by atoms with Gasteiger partial charge in [-0.2, -0.15) is 13.2 Å². The molecule has 0 aliphatic carbocycles. The zero-order chi connectivity index (χ0) is 21.9. The summed E-state index contributed by atoms with van der Waals surface area (Å²) in [6, 6.07) is 0. The standard InChI is InChI=1S/C20H36F3N5O.HI/c1-5-24-18(26-12-9-7-6-8-10-16(2)3)27-13-11-19(29,20(21,22)23)17-25-14-15-28(17)4;/h14-16,29H,5-13H2,1-4H3,(H2,24,26,27);1H. The number of aromatic nitrogens is 2. The third-order valence-electron chi connectivity index (χ3n) is 4.74. The number of aliphatic imine (C=N–C) groups is 1. The first-order valence-electron chi connectivity index (χ1n) is 10.4. The summed E-state index contributed by atoms with van der Waals surface area (Å²) in [5.74, 6) is 0.757. The highest BCUT2D eigenvalue weighted by molar-refractivity contribution is 14.0. The molecule has 0 spiro atoms. The fraction of sp³-hybridized carbons (Fsp3) is 0.800. The fourth-order valence-corrected chi connectivity index (χ4v) is 3.06. The van der Waals surface area contributed by atoms with Gasteiger partial charge >= 0.3 is 6.18 Å². The van der Waals surface area contributed by atoms with E-state index in [1.54, 1.807) is 0 Å². The SMILES string of the molecule is CCNC(=NCCCCCCC(C)C)NCCC(O)(c1nccn1C)C(F)(F)F.I. The van der Waals surface area contributed by atoms with E-state index in [0.717, 1.165) is 18.8 Å². The number of nitrogens with zero attached hydrogens (tertiary/aromatic N) is 3. The minimum absolute atomic E-state index is 0. The number of alkyl halides is 3. The number of aryl methyl sites for hydroxylation is 1. The van der Waals surface area contributed by atoms with Crippen LogP contribution >= 0.6 is 24.0 Å². The second kappa shape index (κ2) is 14.1. The van der Waals surface area contributed by atoms with E-state index in [-0.39, 0.29) is 30.5 Å². The predicted octanol–water partition coefficient (Wildman–Crippen LogP) is 4.34. The number of guanidine groups is 1. The monoisotopic (exact) mass is 547 g/mol. The van der Waals surface area contributed by atoms with Crippen molar-refractivity contribution in [1.29, 1.82) is 0 Å². The molecule has 0 bridgehead atoms. The van der Waals surface area contributed by atoms with E-state index < -0.39 is 24.0 Å². The number of imidazole rings is 1. The van der Waals surface area contributed by atoms with Crippen LogP contribution in [0, 0.1) is 5.92 Å². The number of nitrogens with one attached hydrogen (secondary N) is 2. The van der Waals surface area contributed by atoms with E-state index in [0.29, 0.717) is 19.0 Å². The van der Waals surface area contributed by atoms with Crippen LogP contribution in [0.4, 0.5) is 13.2 Å². The van der Waals surface area contributed by atoms with Gasteiger partial charge in [-0.3, -0.25) is 4.99 Å². The molecule has 0 aliphatic rings. The largest absolute Gasteiger partial charge is 0.424 e. The fourth-order valence-electron chi connectivity index (χ4n) is 3.06. The van der Waals surface area contributed by atoms with E-state index >= 15 is 0 Å². The number of hydrogen-bond donors (Lipinski definition) is 3. The number of aliphatic hydroxyl groups is 1. The van der Waals surface area contributed by atoms with Crippen molar-refractivity contribution in [3.63, 3.8) is 0 Å². The second-order valence-electron chi connectivity index (χ2n) is 7.75. The zero-order valence-electron chi connectivity index (χ0n) is 18.4. The maximum atomic E-state index is 13.5. The van der Waals surface area contributed by atoms with Gasteiger partial charge in [0.2, 0.25) is 5.60 Å². The summed E-state index contributed by atoms with van der Waals surface area (Å²) in [4.78, 5) is 8.12. The lowest BCUT2D eigenvalue weighted by Gasteiger charge is -2.30. The molecule has 1 heterocycles. The summed E-state index contributed by atoms with van der Waals surface area (Å²) in [6.45, 7) is 7.44. The van der Waals surface area contributed by atoms with E-state index in [1.807, 2.05) is 6.92 Å². The third kappa shape index (κ3) is 9.40. The summed E-state index contributed by atoms with van der Waals surface area (Å²) in [7, 11) is 1.43. The molecule has 1 rings (SSSR count). The van der Waals surface area contributed by atoms with E-state index in [1.165, 1.54) is 43.3 Å². The van der Waals surface area contributed by atoms with Gasteiger partial charge < -0.3 is 20.3 Å². The summed E-state index contributed by atoms with van der Waals surface area (Å²) < 4.78 is 41.8. The average Bonchev–Trinajstić information content (AvgIpc) is 3.06. The lowest BCUT2D eigenvalue weighted by molar-refractivity contribution is -0.272. The van der Waals surface area contributed by atoms with Crippen molar-refractivity contribution in [2.24, 2.45) is 18.0 Å². The Morgan fingerprint density at radius 3 is 2.40 bits per heavy atom. The molecule has 176 valence electrons. The maximum absolute atomic E-state index is 13.5. The molecule has 0 saturated carbocycles. The molecule has 1 unspecified atom stereocenters. The van der Waals surface area contributed by atoms with Gasteiger partial charge in [-0.25, -0.2) is 4.98 Å². The van der Waals surface area contributed by atoms with Crippen molar-refractivity contribution in [3.8, 4) is 0 Å². The molecule has 3 N–H and O–H groups in total. The Bertz CT molecular complexity index is 622. The first-order valence-corrected chi connectivity index (χ1v) is 10.4. The normalized spacial score (nSPS) is 14.4. The predicted molar refractivity (Wildman–Crippen MR) is 125 cm³/mol. The van der Waals surface area contributed by atoms with Crippen molar-refractivity contribution in [3.05, 3.63) is 18.2 Å². The van der Waals surface area contributed by atoms with Gasteiger partial charge in [-0.05, 0) is 19.3 Å². The van der Waals surface area contributed by atoms with Crippen molar-refractivity contribution < 1.29 is 18.3 Å². The third-order valence-corrected chi connectivity index (χ3v) is 4.74. The number of rotatable bonds is 12. The molecular formula is C20H37F3IN5O. The van der Waals surface area contributed by atoms with Gasteiger partial charge in [0.15, 0.2) is 5.96 Å². The first kappa shape index (κ1) is 29.0. The summed E-state index contributed by atoms with van der Waals surface area (Å²) in [5.41, 5.74) is -3.02. The molecule has 1 atom stereocenters. The summed E-state index contributed by atoms with van der Waals surface area (Å²) >= 11 is 0. The Balaban J connectivity index is 0.00000841. The van der Waals surface area contributed by atoms with E-state index in [9.17, 15) is 18.3 Å². The molecule has 10 heteroatoms. The van der Waals surface area contributed by atoms with Crippen LogP contribution in [0.5, 0.6) is 0 Å². The molecule has 0 fully saturated rings. The van der Waals surface area contributed by atoms with Crippen LogP contribution in [0.3, 0.4) is 0 Å². The van der Waals surface area contributed by atoms with Crippen LogP contribution in [0.15, 0.2) is 17.4 Å². The van der Waals surface area contributed by atoms with Crippen molar-refractivity contribution in [2.45, 2.75) is 71.1 Å². The van der Waals surface area contributed by atoms with Gasteiger partial charge in [0.25, 0.3) is 0 Å². The quantitative estimate of drug-likeness (QED) is 0.158. The molecule has 0 amide bonds. The van der Waals surface area contributed by atoms with Gasteiger partial charge in [0.1, 0.15) is 5.82 Å². The minimum Gasteiger partial charge on any atom is -0.374 e. The average molecular weight is 547 g/mol. The maximum Gasteiger partial charge on any atom is 0.424 e. The molecule has 0 radical (unpaired) electrons. The number of unbranched alkanes of at least 4 members (excludes halogenated alkanes) is 3. The van der Waals surface area contributed by atoms with Crippen LogP contribution in [0.25, 0.3) is 0 Å². The lowest BCUT2D eigenvalue weighted by atomic mass is 9.97. The number of halogens is 4. The van der Waals surface area contributed by atoms with Gasteiger partial charge in [0.05, 0.1) is 0 Å². The Morgan fingerprint density at radius 1 is 1.20 bits per heavy atom. The highest BCUT2D eigenvalue weighted by Crippen LogP contribution is 2.40. The molecule has 1 aromatic heterocycles. The second-order valence-corrected chi connectivity index (χ2v) is 7.75. The lowest BCUT2D eigenvalue weighted by Crippen LogP contribution is -2.48. The van der Waals surface area contributed by atoms with Crippen molar-refractivity contribution >= 4 is 29.9 Å². The molecule has 1 aromatic rings. The Morgan fingerprint density at radius 2 is 1.87 bits per heavy atom.